The van der Waals surface area contributed by atoms with E-state index in [1.54, 1.807) is 14.2 Å². The largest absolute Gasteiger partial charge is 0.383 e. The summed E-state index contributed by atoms with van der Waals surface area (Å²) in [6.07, 6.45) is 1.14. The van der Waals surface area contributed by atoms with Crippen molar-refractivity contribution in [3.8, 4) is 0 Å². The molecule has 5 nitrogen and oxygen atoms in total. The molecule has 0 bridgehead atoms. The van der Waals surface area contributed by atoms with E-state index in [-0.39, 0.29) is 0 Å². The van der Waals surface area contributed by atoms with Gasteiger partial charge >= 0.3 is 0 Å². The Morgan fingerprint density at radius 2 is 1.76 bits per heavy atom. The Kier molecular flexibility index (Phi) is 9.99. The van der Waals surface area contributed by atoms with Crippen molar-refractivity contribution in [2.45, 2.75) is 26.4 Å². The average Bonchev–Trinajstić information content (AvgIpc) is 2.50. The van der Waals surface area contributed by atoms with Crippen LogP contribution in [0.4, 0.5) is 0 Å². The Bertz CT molecular complexity index is 366. The van der Waals surface area contributed by atoms with Crippen LogP contribution in [0.2, 0.25) is 0 Å². The van der Waals surface area contributed by atoms with Crippen LogP contribution >= 0.6 is 0 Å². The number of nitrogens with zero attached hydrogens (tertiary/aromatic N) is 2. The summed E-state index contributed by atoms with van der Waals surface area (Å²) in [5, 5.41) is 3.38. The minimum atomic E-state index is 0.724. The van der Waals surface area contributed by atoms with Crippen molar-refractivity contribution in [2.75, 3.05) is 47.1 Å². The molecule has 0 saturated carbocycles. The van der Waals surface area contributed by atoms with Gasteiger partial charge in [-0.3, -0.25) is 9.88 Å². The van der Waals surface area contributed by atoms with Gasteiger partial charge in [0.25, 0.3) is 0 Å². The van der Waals surface area contributed by atoms with E-state index < -0.39 is 0 Å². The molecule has 0 amide bonds. The molecule has 0 aliphatic heterocycles. The zero-order valence-electron chi connectivity index (χ0n) is 13.6. The molecule has 1 rings (SSSR count). The van der Waals surface area contributed by atoms with E-state index in [9.17, 15) is 0 Å². The lowest BCUT2D eigenvalue weighted by Gasteiger charge is -2.21. The van der Waals surface area contributed by atoms with Crippen LogP contribution in [0.5, 0.6) is 0 Å². The van der Waals surface area contributed by atoms with Crippen LogP contribution in [-0.2, 0) is 22.6 Å². The average molecular weight is 295 g/mol. The fourth-order valence-corrected chi connectivity index (χ4v) is 2.05. The molecule has 1 aromatic rings. The molecular weight excluding hydrogens is 266 g/mol. The van der Waals surface area contributed by atoms with Gasteiger partial charge in [-0.15, -0.1) is 0 Å². The lowest BCUT2D eigenvalue weighted by molar-refractivity contribution is 0.109. The highest BCUT2D eigenvalue weighted by Crippen LogP contribution is 2.04. The third-order valence-electron chi connectivity index (χ3n) is 3.21. The Morgan fingerprint density at radius 3 is 2.38 bits per heavy atom. The number of hydrogen-bond donors (Lipinski definition) is 1. The Hall–Kier alpha value is -1.01. The lowest BCUT2D eigenvalue weighted by atomic mass is 10.2. The number of pyridine rings is 1. The van der Waals surface area contributed by atoms with Crippen molar-refractivity contribution in [2.24, 2.45) is 0 Å². The van der Waals surface area contributed by atoms with Crippen LogP contribution in [0.3, 0.4) is 0 Å². The molecule has 0 radical (unpaired) electrons. The second-order valence-corrected chi connectivity index (χ2v) is 5.06. The van der Waals surface area contributed by atoms with Gasteiger partial charge < -0.3 is 14.8 Å². The van der Waals surface area contributed by atoms with Gasteiger partial charge in [0.2, 0.25) is 0 Å². The van der Waals surface area contributed by atoms with Gasteiger partial charge in [-0.25, -0.2) is 0 Å². The van der Waals surface area contributed by atoms with Gasteiger partial charge in [-0.1, -0.05) is 13.0 Å². The number of ether oxygens (including phenoxy) is 2. The molecule has 1 N–H and O–H groups in total. The maximum atomic E-state index is 5.17. The summed E-state index contributed by atoms with van der Waals surface area (Å²) in [5.41, 5.74) is 2.19. The summed E-state index contributed by atoms with van der Waals surface area (Å²) in [5.74, 6) is 0. The molecule has 0 atom stereocenters. The molecule has 5 heteroatoms. The maximum Gasteiger partial charge on any atom is 0.0589 e. The third-order valence-corrected chi connectivity index (χ3v) is 3.21. The standard InChI is InChI=1S/C16H29N3O2/c1-4-8-17-13-15-6-5-7-16(18-15)14-19(9-11-20-2)10-12-21-3/h5-7,17H,4,8-14H2,1-3H3. The van der Waals surface area contributed by atoms with Crippen LogP contribution in [0, 0.1) is 0 Å². The minimum absolute atomic E-state index is 0.724. The fourth-order valence-electron chi connectivity index (χ4n) is 2.05. The van der Waals surface area contributed by atoms with Crippen molar-refractivity contribution in [1.82, 2.24) is 15.2 Å². The highest BCUT2D eigenvalue weighted by Gasteiger charge is 2.07. The summed E-state index contributed by atoms with van der Waals surface area (Å²) < 4.78 is 10.3. The first kappa shape index (κ1) is 18.0. The predicted molar refractivity (Wildman–Crippen MR) is 85.3 cm³/mol. The molecule has 0 aliphatic rings. The van der Waals surface area contributed by atoms with Gasteiger partial charge in [0.05, 0.1) is 24.6 Å². The van der Waals surface area contributed by atoms with Gasteiger partial charge in [0.15, 0.2) is 0 Å². The normalized spacial score (nSPS) is 11.2. The second kappa shape index (κ2) is 11.6. The smallest absolute Gasteiger partial charge is 0.0589 e. The third kappa shape index (κ3) is 8.12. The molecule has 0 aliphatic carbocycles. The molecule has 21 heavy (non-hydrogen) atoms. The number of rotatable bonds is 12. The topological polar surface area (TPSA) is 46.6 Å². The number of methoxy groups -OCH3 is 2. The Balaban J connectivity index is 2.53. The van der Waals surface area contributed by atoms with E-state index >= 15 is 0 Å². The van der Waals surface area contributed by atoms with Gasteiger partial charge in [-0.2, -0.15) is 0 Å². The van der Waals surface area contributed by atoms with E-state index in [4.69, 9.17) is 14.5 Å². The SMILES string of the molecule is CCCNCc1cccc(CN(CCOC)CCOC)n1. The zero-order valence-corrected chi connectivity index (χ0v) is 13.6. The maximum absolute atomic E-state index is 5.17. The lowest BCUT2D eigenvalue weighted by Crippen LogP contribution is -2.30. The predicted octanol–water partition coefficient (Wildman–Crippen LogP) is 1.68. The van der Waals surface area contributed by atoms with Crippen LogP contribution in [0.25, 0.3) is 0 Å². The van der Waals surface area contributed by atoms with Gasteiger partial charge in [0.1, 0.15) is 0 Å². The number of aromatic nitrogens is 1. The molecule has 0 saturated heterocycles. The Labute approximate surface area is 128 Å². The molecule has 1 aromatic heterocycles. The van der Waals surface area contributed by atoms with Crippen LogP contribution < -0.4 is 5.32 Å². The molecule has 0 spiro atoms. The highest BCUT2D eigenvalue weighted by atomic mass is 16.5. The van der Waals surface area contributed by atoms with Crippen molar-refractivity contribution < 1.29 is 9.47 Å². The number of nitrogens with one attached hydrogen (secondary N) is 1. The highest BCUT2D eigenvalue weighted by molar-refractivity contribution is 5.11. The first-order valence-corrected chi connectivity index (χ1v) is 7.66. The van der Waals surface area contributed by atoms with E-state index in [1.807, 2.05) is 0 Å². The summed E-state index contributed by atoms with van der Waals surface area (Å²) in [4.78, 5) is 7.02. The number of hydrogen-bond acceptors (Lipinski definition) is 5. The molecule has 0 unspecified atom stereocenters. The Morgan fingerprint density at radius 1 is 1.10 bits per heavy atom. The minimum Gasteiger partial charge on any atom is -0.383 e. The van der Waals surface area contributed by atoms with Gasteiger partial charge in [-0.05, 0) is 25.1 Å². The van der Waals surface area contributed by atoms with Gasteiger partial charge in [0, 0.05) is 40.4 Å². The second-order valence-electron chi connectivity index (χ2n) is 5.06. The molecule has 0 aromatic carbocycles. The summed E-state index contributed by atoms with van der Waals surface area (Å²) >= 11 is 0. The van der Waals surface area contributed by atoms with Crippen molar-refractivity contribution in [3.05, 3.63) is 29.6 Å². The first-order chi connectivity index (χ1) is 10.3. The molecule has 120 valence electrons. The first-order valence-electron chi connectivity index (χ1n) is 7.66. The zero-order chi connectivity index (χ0) is 15.3. The summed E-state index contributed by atoms with van der Waals surface area (Å²) in [6, 6.07) is 6.23. The van der Waals surface area contributed by atoms with Crippen molar-refractivity contribution in [1.29, 1.82) is 0 Å². The van der Waals surface area contributed by atoms with E-state index in [1.165, 1.54) is 0 Å². The fraction of sp³-hybridized carbons (Fsp3) is 0.688. The van der Waals surface area contributed by atoms with Crippen LogP contribution in [-0.4, -0.2) is 57.0 Å². The van der Waals surface area contributed by atoms with Crippen LogP contribution in [0.15, 0.2) is 18.2 Å². The van der Waals surface area contributed by atoms with E-state index in [2.05, 4.69) is 35.3 Å². The monoisotopic (exact) mass is 295 g/mol. The molecule has 0 fully saturated rings. The quantitative estimate of drug-likeness (QED) is 0.594. The van der Waals surface area contributed by atoms with E-state index in [0.29, 0.717) is 0 Å². The summed E-state index contributed by atoms with van der Waals surface area (Å²) in [6.45, 7) is 8.08. The van der Waals surface area contributed by atoms with Crippen molar-refractivity contribution >= 4 is 0 Å². The summed E-state index contributed by atoms with van der Waals surface area (Å²) in [7, 11) is 3.46. The van der Waals surface area contributed by atoms with Crippen LogP contribution in [0.1, 0.15) is 24.7 Å². The molecular formula is C16H29N3O2. The molecule has 1 heterocycles. The van der Waals surface area contributed by atoms with Crippen molar-refractivity contribution in [3.63, 3.8) is 0 Å². The van der Waals surface area contributed by atoms with E-state index in [0.717, 1.165) is 63.7 Å².